The first-order valence-corrected chi connectivity index (χ1v) is 6.63. The van der Waals surface area contributed by atoms with Crippen molar-refractivity contribution in [3.8, 4) is 0 Å². The smallest absolute Gasteiger partial charge is 0.118 e. The van der Waals surface area contributed by atoms with E-state index < -0.39 is 5.67 Å². The van der Waals surface area contributed by atoms with Gasteiger partial charge in [0.05, 0.1) is 0 Å². The van der Waals surface area contributed by atoms with Gasteiger partial charge < -0.3 is 5.32 Å². The normalized spacial score (nSPS) is 31.8. The van der Waals surface area contributed by atoms with Gasteiger partial charge in [-0.15, -0.1) is 0 Å². The molecule has 2 heteroatoms. The van der Waals surface area contributed by atoms with Crippen LogP contribution >= 0.6 is 0 Å². The van der Waals surface area contributed by atoms with Crippen LogP contribution in [0.3, 0.4) is 0 Å². The largest absolute Gasteiger partial charge is 0.316 e. The minimum absolute atomic E-state index is 0.0468. The molecule has 2 unspecified atom stereocenters. The lowest BCUT2D eigenvalue weighted by molar-refractivity contribution is 0.172. The number of fused-ring (bicyclic) bond motifs is 3. The fourth-order valence-electron chi connectivity index (χ4n) is 3.37. The van der Waals surface area contributed by atoms with E-state index in [0.29, 0.717) is 6.42 Å². The van der Waals surface area contributed by atoms with Crippen LogP contribution in [0.2, 0.25) is 0 Å². The lowest BCUT2D eigenvalue weighted by Gasteiger charge is -2.21. The molecule has 1 aliphatic carbocycles. The maximum Gasteiger partial charge on any atom is 0.118 e. The zero-order valence-electron chi connectivity index (χ0n) is 10.6. The van der Waals surface area contributed by atoms with Crippen LogP contribution in [-0.4, -0.2) is 18.8 Å². The average molecular weight is 233 g/mol. The number of hydrogen-bond acceptors (Lipinski definition) is 1. The summed E-state index contributed by atoms with van der Waals surface area (Å²) >= 11 is 0. The summed E-state index contributed by atoms with van der Waals surface area (Å²) in [5.41, 5.74) is 4.36. The molecule has 0 fully saturated rings. The zero-order chi connectivity index (χ0) is 12.0. The van der Waals surface area contributed by atoms with Crippen molar-refractivity contribution in [1.82, 2.24) is 5.32 Å². The second-order valence-corrected chi connectivity index (χ2v) is 5.70. The van der Waals surface area contributed by atoms with Gasteiger partial charge in [-0.05, 0) is 55.1 Å². The van der Waals surface area contributed by atoms with Gasteiger partial charge in [-0.2, -0.15) is 0 Å². The van der Waals surface area contributed by atoms with Crippen LogP contribution in [0.5, 0.6) is 0 Å². The molecule has 1 nitrogen and oxygen atoms in total. The minimum atomic E-state index is -1.06. The molecule has 0 amide bonds. The SMILES string of the molecule is CC1c2c(ccc3c2CCNCC3)CC1(C)F. The van der Waals surface area contributed by atoms with Crippen LogP contribution in [0, 0.1) is 0 Å². The number of benzene rings is 1. The molecule has 1 aromatic rings. The number of hydrogen-bond donors (Lipinski definition) is 1. The molecule has 1 heterocycles. The van der Waals surface area contributed by atoms with Crippen molar-refractivity contribution in [2.75, 3.05) is 13.1 Å². The molecule has 0 bridgehead atoms. The molecule has 0 saturated carbocycles. The van der Waals surface area contributed by atoms with Crippen molar-refractivity contribution >= 4 is 0 Å². The highest BCUT2D eigenvalue weighted by Crippen LogP contribution is 2.45. The Bertz CT molecular complexity index is 450. The lowest BCUT2D eigenvalue weighted by Crippen LogP contribution is -2.22. The number of alkyl halides is 1. The summed E-state index contributed by atoms with van der Waals surface area (Å²) in [4.78, 5) is 0. The summed E-state index contributed by atoms with van der Waals surface area (Å²) in [5, 5.41) is 3.43. The molecule has 3 rings (SSSR count). The standard InChI is InChI=1S/C15H20FN/c1-10-14-12(9-15(10,2)16)4-3-11-5-7-17-8-6-13(11)14/h3-4,10,17H,5-9H2,1-2H3. The van der Waals surface area contributed by atoms with Crippen LogP contribution in [0.4, 0.5) is 4.39 Å². The first kappa shape index (κ1) is 11.2. The average Bonchev–Trinajstić information content (AvgIpc) is 2.46. The zero-order valence-corrected chi connectivity index (χ0v) is 10.6. The van der Waals surface area contributed by atoms with Crippen molar-refractivity contribution in [1.29, 1.82) is 0 Å². The molecule has 0 aromatic heterocycles. The molecule has 0 spiro atoms. The van der Waals surface area contributed by atoms with E-state index in [1.165, 1.54) is 22.3 Å². The summed E-state index contributed by atoms with van der Waals surface area (Å²) in [6.45, 7) is 5.87. The Hall–Kier alpha value is -0.890. The maximum atomic E-state index is 14.5. The lowest BCUT2D eigenvalue weighted by atomic mass is 9.87. The molecular formula is C15H20FN. The number of halogens is 1. The van der Waals surface area contributed by atoms with Crippen LogP contribution in [-0.2, 0) is 19.3 Å². The Morgan fingerprint density at radius 1 is 1.24 bits per heavy atom. The second-order valence-electron chi connectivity index (χ2n) is 5.70. The Morgan fingerprint density at radius 2 is 1.94 bits per heavy atom. The van der Waals surface area contributed by atoms with Crippen LogP contribution < -0.4 is 5.32 Å². The van der Waals surface area contributed by atoms with E-state index in [4.69, 9.17) is 0 Å². The third kappa shape index (κ3) is 1.70. The molecule has 0 radical (unpaired) electrons. The van der Waals surface area contributed by atoms with Gasteiger partial charge in [-0.1, -0.05) is 19.1 Å². The van der Waals surface area contributed by atoms with E-state index in [0.717, 1.165) is 25.9 Å². The van der Waals surface area contributed by atoms with Crippen molar-refractivity contribution in [2.24, 2.45) is 0 Å². The van der Waals surface area contributed by atoms with Crippen LogP contribution in [0.15, 0.2) is 12.1 Å². The first-order chi connectivity index (χ1) is 8.09. The fraction of sp³-hybridized carbons (Fsp3) is 0.600. The van der Waals surface area contributed by atoms with Gasteiger partial charge in [-0.25, -0.2) is 4.39 Å². The van der Waals surface area contributed by atoms with Crippen molar-refractivity contribution in [3.63, 3.8) is 0 Å². The van der Waals surface area contributed by atoms with Gasteiger partial charge in [0.2, 0.25) is 0 Å². The molecule has 1 N–H and O–H groups in total. The summed E-state index contributed by atoms with van der Waals surface area (Å²) < 4.78 is 14.5. The van der Waals surface area contributed by atoms with E-state index in [2.05, 4.69) is 17.4 Å². The molecule has 1 aliphatic heterocycles. The molecule has 1 aromatic carbocycles. The third-order valence-corrected chi connectivity index (χ3v) is 4.54. The molecule has 2 atom stereocenters. The van der Waals surface area contributed by atoms with E-state index in [1.807, 2.05) is 6.92 Å². The topological polar surface area (TPSA) is 12.0 Å². The highest BCUT2D eigenvalue weighted by molar-refractivity contribution is 5.49. The highest BCUT2D eigenvalue weighted by atomic mass is 19.1. The number of rotatable bonds is 0. The van der Waals surface area contributed by atoms with E-state index in [9.17, 15) is 4.39 Å². The molecular weight excluding hydrogens is 213 g/mol. The van der Waals surface area contributed by atoms with Gasteiger partial charge in [0, 0.05) is 12.3 Å². The minimum Gasteiger partial charge on any atom is -0.316 e. The molecule has 2 aliphatic rings. The highest BCUT2D eigenvalue weighted by Gasteiger charge is 2.41. The van der Waals surface area contributed by atoms with Gasteiger partial charge in [0.1, 0.15) is 5.67 Å². The van der Waals surface area contributed by atoms with E-state index in [-0.39, 0.29) is 5.92 Å². The number of nitrogens with one attached hydrogen (secondary N) is 1. The Morgan fingerprint density at radius 3 is 2.76 bits per heavy atom. The summed E-state index contributed by atoms with van der Waals surface area (Å²) in [6, 6.07) is 4.37. The summed E-state index contributed by atoms with van der Waals surface area (Å²) in [6.07, 6.45) is 2.72. The van der Waals surface area contributed by atoms with Crippen LogP contribution in [0.1, 0.15) is 42.0 Å². The van der Waals surface area contributed by atoms with Gasteiger partial charge >= 0.3 is 0 Å². The quantitative estimate of drug-likeness (QED) is 0.726. The van der Waals surface area contributed by atoms with Crippen LogP contribution in [0.25, 0.3) is 0 Å². The summed E-state index contributed by atoms with van der Waals surface area (Å²) in [7, 11) is 0. The van der Waals surface area contributed by atoms with Crippen molar-refractivity contribution in [2.45, 2.75) is 44.7 Å². The maximum absolute atomic E-state index is 14.5. The second kappa shape index (κ2) is 3.81. The predicted molar refractivity (Wildman–Crippen MR) is 68.4 cm³/mol. The van der Waals surface area contributed by atoms with Crippen molar-refractivity contribution in [3.05, 3.63) is 34.4 Å². The van der Waals surface area contributed by atoms with Crippen molar-refractivity contribution < 1.29 is 4.39 Å². The van der Waals surface area contributed by atoms with E-state index >= 15 is 0 Å². The monoisotopic (exact) mass is 233 g/mol. The van der Waals surface area contributed by atoms with Gasteiger partial charge in [-0.3, -0.25) is 0 Å². The molecule has 17 heavy (non-hydrogen) atoms. The Balaban J connectivity index is 2.13. The summed E-state index contributed by atoms with van der Waals surface area (Å²) in [5.74, 6) is 0.0468. The Kier molecular flexibility index (Phi) is 2.51. The van der Waals surface area contributed by atoms with E-state index in [1.54, 1.807) is 6.92 Å². The first-order valence-electron chi connectivity index (χ1n) is 6.63. The molecule has 92 valence electrons. The predicted octanol–water partition coefficient (Wildman–Crippen LogP) is 2.76. The fourth-order valence-corrected chi connectivity index (χ4v) is 3.37. The molecule has 0 saturated heterocycles. The van der Waals surface area contributed by atoms with Gasteiger partial charge in [0.15, 0.2) is 0 Å². The third-order valence-electron chi connectivity index (χ3n) is 4.54. The Labute approximate surface area is 102 Å². The van der Waals surface area contributed by atoms with Gasteiger partial charge in [0.25, 0.3) is 0 Å².